The summed E-state index contributed by atoms with van der Waals surface area (Å²) in [6.07, 6.45) is 1.96. The van der Waals surface area contributed by atoms with Crippen molar-refractivity contribution in [3.8, 4) is 5.69 Å². The molecule has 0 spiro atoms. The van der Waals surface area contributed by atoms with Gasteiger partial charge < -0.3 is 4.74 Å². The van der Waals surface area contributed by atoms with Crippen molar-refractivity contribution in [2.24, 2.45) is 0 Å². The highest BCUT2D eigenvalue weighted by atomic mass is 32.2. The van der Waals surface area contributed by atoms with Crippen molar-refractivity contribution < 1.29 is 9.53 Å². The van der Waals surface area contributed by atoms with Gasteiger partial charge in [-0.1, -0.05) is 23.1 Å². The Kier molecular flexibility index (Phi) is 4.15. The van der Waals surface area contributed by atoms with Crippen molar-refractivity contribution in [2.75, 3.05) is 13.4 Å². The minimum atomic E-state index is -0.353. The fourth-order valence-electron chi connectivity index (χ4n) is 1.36. The van der Waals surface area contributed by atoms with E-state index in [4.69, 9.17) is 12.2 Å². The van der Waals surface area contributed by atoms with Crippen LogP contribution in [0.15, 0.2) is 28.6 Å². The van der Waals surface area contributed by atoms with Crippen LogP contribution in [0.1, 0.15) is 10.4 Å². The summed E-state index contributed by atoms with van der Waals surface area (Å²) in [5, 5.41) is 4.37. The van der Waals surface area contributed by atoms with E-state index in [-0.39, 0.29) is 5.97 Å². The second-order valence-electron chi connectivity index (χ2n) is 3.29. The number of ether oxygens (including phenoxy) is 1. The first-order valence-electron chi connectivity index (χ1n) is 4.98. The Morgan fingerprint density at radius 2 is 2.11 bits per heavy atom. The molecule has 0 unspecified atom stereocenters. The molecule has 0 saturated carbocycles. The quantitative estimate of drug-likeness (QED) is 0.495. The van der Waals surface area contributed by atoms with E-state index in [1.807, 2.05) is 6.26 Å². The van der Waals surface area contributed by atoms with Gasteiger partial charge in [0, 0.05) is 0 Å². The lowest BCUT2D eigenvalue weighted by Gasteiger charge is -2.02. The van der Waals surface area contributed by atoms with Crippen LogP contribution in [0.3, 0.4) is 0 Å². The zero-order valence-corrected chi connectivity index (χ0v) is 12.2. The lowest BCUT2D eigenvalue weighted by molar-refractivity contribution is 0.0601. The van der Waals surface area contributed by atoms with Gasteiger partial charge >= 0.3 is 5.97 Å². The average Bonchev–Trinajstić information content (AvgIpc) is 2.79. The van der Waals surface area contributed by atoms with Gasteiger partial charge in [0.15, 0.2) is 8.29 Å². The fraction of sp³-hybridized carbons (Fsp3) is 0.182. The van der Waals surface area contributed by atoms with E-state index in [2.05, 4.69) is 9.84 Å². The fourth-order valence-corrected chi connectivity index (χ4v) is 3.14. The van der Waals surface area contributed by atoms with Gasteiger partial charge in [-0.15, -0.1) is 5.10 Å². The monoisotopic (exact) mass is 298 g/mol. The standard InChI is InChI=1S/C11H10N2O2S3/c1-15-9(14)7-3-5-8(6-4-7)13-11(16)18-10(12-13)17-2/h3-6H,1-2H3. The number of aromatic nitrogens is 2. The molecule has 0 radical (unpaired) electrons. The minimum absolute atomic E-state index is 0.353. The second-order valence-corrected chi connectivity index (χ2v) is 5.96. The molecule has 18 heavy (non-hydrogen) atoms. The number of thioether (sulfide) groups is 1. The van der Waals surface area contributed by atoms with Gasteiger partial charge in [-0.2, -0.15) is 0 Å². The SMILES string of the molecule is COC(=O)c1ccc(-n2nc(SC)sc2=S)cc1. The maximum absolute atomic E-state index is 11.3. The third-order valence-corrected chi connectivity index (χ3v) is 4.44. The van der Waals surface area contributed by atoms with Crippen LogP contribution in [0.2, 0.25) is 0 Å². The van der Waals surface area contributed by atoms with E-state index in [1.165, 1.54) is 18.4 Å². The summed E-state index contributed by atoms with van der Waals surface area (Å²) in [7, 11) is 1.36. The molecule has 0 saturated heterocycles. The highest BCUT2D eigenvalue weighted by Gasteiger charge is 2.07. The third kappa shape index (κ3) is 2.63. The second kappa shape index (κ2) is 5.64. The summed E-state index contributed by atoms with van der Waals surface area (Å²) in [6.45, 7) is 0. The molecule has 1 aromatic carbocycles. The molecular formula is C11H10N2O2S3. The molecule has 2 aromatic rings. The van der Waals surface area contributed by atoms with Crippen molar-refractivity contribution >= 4 is 41.3 Å². The Balaban J connectivity index is 2.37. The Labute approximate surface area is 118 Å². The van der Waals surface area contributed by atoms with E-state index in [0.717, 1.165) is 10.0 Å². The van der Waals surface area contributed by atoms with E-state index in [1.54, 1.807) is 40.7 Å². The highest BCUT2D eigenvalue weighted by molar-refractivity contribution is 8.00. The number of carbonyl (C=O) groups is 1. The van der Waals surface area contributed by atoms with Crippen LogP contribution in [-0.2, 0) is 4.74 Å². The number of hydrogen-bond donors (Lipinski definition) is 0. The van der Waals surface area contributed by atoms with Crippen LogP contribution < -0.4 is 0 Å². The van der Waals surface area contributed by atoms with Gasteiger partial charge in [-0.3, -0.25) is 0 Å². The van der Waals surface area contributed by atoms with Crippen LogP contribution in [-0.4, -0.2) is 29.1 Å². The van der Waals surface area contributed by atoms with E-state index in [0.29, 0.717) is 9.52 Å². The lowest BCUT2D eigenvalue weighted by Crippen LogP contribution is -2.02. The smallest absolute Gasteiger partial charge is 0.337 e. The Bertz CT molecular complexity index is 616. The molecule has 0 aliphatic heterocycles. The van der Waals surface area contributed by atoms with Crippen molar-refractivity contribution in [1.82, 2.24) is 9.78 Å². The Hall–Kier alpha value is -1.18. The molecule has 0 bridgehead atoms. The lowest BCUT2D eigenvalue weighted by atomic mass is 10.2. The number of hydrogen-bond acceptors (Lipinski definition) is 6. The molecule has 0 atom stereocenters. The van der Waals surface area contributed by atoms with Gasteiger partial charge in [0.05, 0.1) is 18.4 Å². The number of esters is 1. The van der Waals surface area contributed by atoms with Crippen LogP contribution in [0.25, 0.3) is 5.69 Å². The minimum Gasteiger partial charge on any atom is -0.465 e. The molecule has 7 heteroatoms. The van der Waals surface area contributed by atoms with Crippen LogP contribution in [0, 0.1) is 3.95 Å². The first-order chi connectivity index (χ1) is 8.65. The molecular weight excluding hydrogens is 288 g/mol. The Morgan fingerprint density at radius 1 is 1.44 bits per heavy atom. The molecule has 2 rings (SSSR count). The third-order valence-electron chi connectivity index (χ3n) is 2.24. The van der Waals surface area contributed by atoms with Crippen LogP contribution in [0.5, 0.6) is 0 Å². The predicted molar refractivity (Wildman–Crippen MR) is 75.4 cm³/mol. The van der Waals surface area contributed by atoms with Gasteiger partial charge in [0.1, 0.15) is 0 Å². The summed E-state index contributed by atoms with van der Waals surface area (Å²) in [4.78, 5) is 11.3. The number of benzene rings is 1. The van der Waals surface area contributed by atoms with Gasteiger partial charge in [0.25, 0.3) is 0 Å². The molecule has 94 valence electrons. The largest absolute Gasteiger partial charge is 0.465 e. The molecule has 0 N–H and O–H groups in total. The topological polar surface area (TPSA) is 44.1 Å². The summed E-state index contributed by atoms with van der Waals surface area (Å²) in [6, 6.07) is 6.99. The number of nitrogens with zero attached hydrogens (tertiary/aromatic N) is 2. The number of rotatable bonds is 3. The van der Waals surface area contributed by atoms with Crippen molar-refractivity contribution in [3.05, 3.63) is 33.8 Å². The van der Waals surface area contributed by atoms with Crippen LogP contribution >= 0.6 is 35.3 Å². The van der Waals surface area contributed by atoms with Gasteiger partial charge in [0.2, 0.25) is 0 Å². The zero-order chi connectivity index (χ0) is 13.1. The first kappa shape index (κ1) is 13.3. The first-order valence-corrected chi connectivity index (χ1v) is 7.43. The maximum atomic E-state index is 11.3. The van der Waals surface area contributed by atoms with E-state index < -0.39 is 0 Å². The molecule has 0 aliphatic carbocycles. The van der Waals surface area contributed by atoms with Crippen molar-refractivity contribution in [2.45, 2.75) is 4.34 Å². The zero-order valence-electron chi connectivity index (χ0n) is 9.75. The normalized spacial score (nSPS) is 10.3. The summed E-state index contributed by atoms with van der Waals surface area (Å²) in [5.74, 6) is -0.353. The molecule has 0 aliphatic rings. The van der Waals surface area contributed by atoms with Crippen molar-refractivity contribution in [1.29, 1.82) is 0 Å². The maximum Gasteiger partial charge on any atom is 0.337 e. The predicted octanol–water partition coefficient (Wildman–Crippen LogP) is 3.17. The number of carbonyl (C=O) groups excluding carboxylic acids is 1. The summed E-state index contributed by atoms with van der Waals surface area (Å²) >= 11 is 8.26. The Morgan fingerprint density at radius 3 is 2.61 bits per heavy atom. The summed E-state index contributed by atoms with van der Waals surface area (Å²) < 4.78 is 7.93. The molecule has 0 amide bonds. The van der Waals surface area contributed by atoms with E-state index >= 15 is 0 Å². The van der Waals surface area contributed by atoms with E-state index in [9.17, 15) is 4.79 Å². The van der Waals surface area contributed by atoms with Gasteiger partial charge in [-0.05, 0) is 42.7 Å². The molecule has 1 aromatic heterocycles. The van der Waals surface area contributed by atoms with Gasteiger partial charge in [-0.25, -0.2) is 9.48 Å². The van der Waals surface area contributed by atoms with Crippen LogP contribution in [0.4, 0.5) is 0 Å². The number of methoxy groups -OCH3 is 1. The molecule has 4 nitrogen and oxygen atoms in total. The average molecular weight is 298 g/mol. The molecule has 0 fully saturated rings. The molecule has 1 heterocycles. The summed E-state index contributed by atoms with van der Waals surface area (Å²) in [5.41, 5.74) is 1.34. The highest BCUT2D eigenvalue weighted by Crippen LogP contribution is 2.21. The van der Waals surface area contributed by atoms with Crippen molar-refractivity contribution in [3.63, 3.8) is 0 Å².